The van der Waals surface area contributed by atoms with Crippen LogP contribution in [0.25, 0.3) is 0 Å². The van der Waals surface area contributed by atoms with E-state index < -0.39 is 0 Å². The van der Waals surface area contributed by atoms with E-state index in [1.54, 1.807) is 6.92 Å². The fourth-order valence-electron chi connectivity index (χ4n) is 0.826. The van der Waals surface area contributed by atoms with Crippen LogP contribution in [-0.4, -0.2) is 23.6 Å². The molecule has 80 valence electrons. The van der Waals surface area contributed by atoms with Gasteiger partial charge in [-0.1, -0.05) is 0 Å². The number of hydrogen-bond acceptors (Lipinski definition) is 4. The fourth-order valence-corrected chi connectivity index (χ4v) is 0.940. The molecule has 0 aliphatic heterocycles. The Morgan fingerprint density at radius 3 is 2.57 bits per heavy atom. The third-order valence-electron chi connectivity index (χ3n) is 1.35. The zero-order valence-corrected chi connectivity index (χ0v) is 8.86. The molecule has 0 aromatic rings. The standard InChI is InChI=1S/C8H14N2O3S/c1-2-13-7(12)5-3-4-6(11)10-8(9)14/h2-5H2,1H3,(H3,9,10,11,14). The van der Waals surface area contributed by atoms with Crippen LogP contribution in [0.5, 0.6) is 0 Å². The van der Waals surface area contributed by atoms with Gasteiger partial charge >= 0.3 is 5.97 Å². The first-order chi connectivity index (χ1) is 6.56. The van der Waals surface area contributed by atoms with Crippen molar-refractivity contribution in [3.05, 3.63) is 0 Å². The number of amides is 1. The molecule has 0 fully saturated rings. The summed E-state index contributed by atoms with van der Waals surface area (Å²) in [6.07, 6.45) is 0.891. The Labute approximate surface area is 88.0 Å². The van der Waals surface area contributed by atoms with Gasteiger partial charge < -0.3 is 15.8 Å². The number of thiocarbonyl (C=S) groups is 1. The molecule has 0 aliphatic carbocycles. The summed E-state index contributed by atoms with van der Waals surface area (Å²) in [7, 11) is 0. The third kappa shape index (κ3) is 7.48. The lowest BCUT2D eigenvalue weighted by atomic mass is 10.2. The second-order valence-electron chi connectivity index (χ2n) is 2.57. The van der Waals surface area contributed by atoms with Gasteiger partial charge in [0.05, 0.1) is 6.61 Å². The molecule has 0 saturated heterocycles. The molecule has 0 spiro atoms. The summed E-state index contributed by atoms with van der Waals surface area (Å²) < 4.78 is 4.68. The van der Waals surface area contributed by atoms with Crippen molar-refractivity contribution >= 4 is 29.2 Å². The van der Waals surface area contributed by atoms with Crippen molar-refractivity contribution in [1.82, 2.24) is 5.32 Å². The molecule has 0 aromatic carbocycles. The number of carbonyl (C=O) groups is 2. The van der Waals surface area contributed by atoms with E-state index >= 15 is 0 Å². The topological polar surface area (TPSA) is 81.4 Å². The minimum Gasteiger partial charge on any atom is -0.466 e. The van der Waals surface area contributed by atoms with E-state index in [9.17, 15) is 9.59 Å². The molecule has 0 atom stereocenters. The predicted molar refractivity (Wildman–Crippen MR) is 55.4 cm³/mol. The van der Waals surface area contributed by atoms with Crippen molar-refractivity contribution in [3.63, 3.8) is 0 Å². The largest absolute Gasteiger partial charge is 0.466 e. The minimum atomic E-state index is -0.296. The Hall–Kier alpha value is -1.17. The Balaban J connectivity index is 3.49. The third-order valence-corrected chi connectivity index (χ3v) is 1.45. The Morgan fingerprint density at radius 2 is 2.07 bits per heavy atom. The molecular formula is C8H14N2O3S. The highest BCUT2D eigenvalue weighted by Gasteiger charge is 2.05. The maximum absolute atomic E-state index is 11.0. The number of nitrogens with one attached hydrogen (secondary N) is 1. The molecule has 0 radical (unpaired) electrons. The first-order valence-electron chi connectivity index (χ1n) is 4.31. The maximum atomic E-state index is 11.0. The first-order valence-corrected chi connectivity index (χ1v) is 4.72. The summed E-state index contributed by atoms with van der Waals surface area (Å²) in [5.74, 6) is -0.572. The molecule has 0 aromatic heterocycles. The molecule has 1 amide bonds. The van der Waals surface area contributed by atoms with Crippen molar-refractivity contribution in [3.8, 4) is 0 Å². The van der Waals surface area contributed by atoms with Crippen molar-refractivity contribution in [1.29, 1.82) is 0 Å². The summed E-state index contributed by atoms with van der Waals surface area (Å²) in [6, 6.07) is 0. The van der Waals surface area contributed by atoms with E-state index in [0.29, 0.717) is 13.0 Å². The zero-order chi connectivity index (χ0) is 11.0. The lowest BCUT2D eigenvalue weighted by Crippen LogP contribution is -2.34. The van der Waals surface area contributed by atoms with E-state index in [4.69, 9.17) is 5.73 Å². The van der Waals surface area contributed by atoms with E-state index in [-0.39, 0.29) is 29.8 Å². The Bertz CT molecular complexity index is 231. The van der Waals surface area contributed by atoms with Gasteiger partial charge in [0.1, 0.15) is 0 Å². The summed E-state index contributed by atoms with van der Waals surface area (Å²) in [6.45, 7) is 2.09. The van der Waals surface area contributed by atoms with Crippen LogP contribution in [0.1, 0.15) is 26.2 Å². The normalized spacial score (nSPS) is 9.21. The van der Waals surface area contributed by atoms with E-state index in [0.717, 1.165) is 0 Å². The van der Waals surface area contributed by atoms with Crippen LogP contribution in [0.4, 0.5) is 0 Å². The number of esters is 1. The van der Waals surface area contributed by atoms with Crippen LogP contribution in [0, 0.1) is 0 Å². The highest BCUT2D eigenvalue weighted by atomic mass is 32.1. The van der Waals surface area contributed by atoms with Gasteiger partial charge in [-0.2, -0.15) is 0 Å². The molecule has 0 aliphatic rings. The predicted octanol–water partition coefficient (Wildman–Crippen LogP) is 0.0796. The van der Waals surface area contributed by atoms with Gasteiger partial charge in [0.25, 0.3) is 0 Å². The zero-order valence-electron chi connectivity index (χ0n) is 8.04. The van der Waals surface area contributed by atoms with Crippen LogP contribution in [0.2, 0.25) is 0 Å². The number of carbonyl (C=O) groups excluding carboxylic acids is 2. The van der Waals surface area contributed by atoms with Crippen molar-refractivity contribution < 1.29 is 14.3 Å². The molecule has 0 bridgehead atoms. The van der Waals surface area contributed by atoms with Crippen LogP contribution < -0.4 is 11.1 Å². The summed E-state index contributed by atoms with van der Waals surface area (Å²) in [5, 5.41) is 2.22. The molecule has 0 unspecified atom stereocenters. The van der Waals surface area contributed by atoms with Gasteiger partial charge in [-0.05, 0) is 25.6 Å². The fraction of sp³-hybridized carbons (Fsp3) is 0.625. The summed E-state index contributed by atoms with van der Waals surface area (Å²) in [5.41, 5.74) is 5.08. The van der Waals surface area contributed by atoms with Gasteiger partial charge in [0, 0.05) is 12.8 Å². The van der Waals surface area contributed by atoms with Crippen molar-refractivity contribution in [2.75, 3.05) is 6.61 Å². The Kier molecular flexibility index (Phi) is 6.65. The minimum absolute atomic E-state index is 0.0499. The van der Waals surface area contributed by atoms with Gasteiger partial charge in [-0.3, -0.25) is 9.59 Å². The lowest BCUT2D eigenvalue weighted by Gasteiger charge is -2.02. The average molecular weight is 218 g/mol. The lowest BCUT2D eigenvalue weighted by molar-refractivity contribution is -0.143. The Morgan fingerprint density at radius 1 is 1.43 bits per heavy atom. The molecule has 0 saturated carbocycles. The van der Waals surface area contributed by atoms with E-state index in [1.165, 1.54) is 0 Å². The number of nitrogens with two attached hydrogens (primary N) is 1. The highest BCUT2D eigenvalue weighted by molar-refractivity contribution is 7.80. The van der Waals surface area contributed by atoms with Gasteiger partial charge in [-0.25, -0.2) is 0 Å². The quantitative estimate of drug-likeness (QED) is 0.504. The van der Waals surface area contributed by atoms with Crippen LogP contribution in [0.3, 0.4) is 0 Å². The van der Waals surface area contributed by atoms with E-state index in [2.05, 4.69) is 22.3 Å². The molecule has 5 nitrogen and oxygen atoms in total. The van der Waals surface area contributed by atoms with Crippen LogP contribution >= 0.6 is 12.2 Å². The molecule has 0 heterocycles. The molecule has 0 rings (SSSR count). The summed E-state index contributed by atoms with van der Waals surface area (Å²) >= 11 is 4.47. The highest BCUT2D eigenvalue weighted by Crippen LogP contribution is 1.97. The monoisotopic (exact) mass is 218 g/mol. The number of ether oxygens (including phenoxy) is 1. The van der Waals surface area contributed by atoms with E-state index in [1.807, 2.05) is 0 Å². The maximum Gasteiger partial charge on any atom is 0.305 e. The van der Waals surface area contributed by atoms with Crippen LogP contribution in [-0.2, 0) is 14.3 Å². The molecule has 3 N–H and O–H groups in total. The van der Waals surface area contributed by atoms with Gasteiger partial charge in [0.15, 0.2) is 5.11 Å². The molecule has 14 heavy (non-hydrogen) atoms. The smallest absolute Gasteiger partial charge is 0.305 e. The summed E-state index contributed by atoms with van der Waals surface area (Å²) in [4.78, 5) is 21.8. The van der Waals surface area contributed by atoms with Crippen LogP contribution in [0.15, 0.2) is 0 Å². The second kappa shape index (κ2) is 7.25. The number of rotatable bonds is 5. The van der Waals surface area contributed by atoms with Gasteiger partial charge in [-0.15, -0.1) is 0 Å². The van der Waals surface area contributed by atoms with Crippen molar-refractivity contribution in [2.45, 2.75) is 26.2 Å². The molecular weight excluding hydrogens is 204 g/mol. The first kappa shape index (κ1) is 12.8. The second-order valence-corrected chi connectivity index (χ2v) is 3.01. The van der Waals surface area contributed by atoms with Gasteiger partial charge in [0.2, 0.25) is 5.91 Å². The number of hydrogen-bond donors (Lipinski definition) is 2. The average Bonchev–Trinajstić information content (AvgIpc) is 2.02. The molecule has 6 heteroatoms. The SMILES string of the molecule is CCOC(=O)CCCC(=O)NC(N)=S. The van der Waals surface area contributed by atoms with Crippen molar-refractivity contribution in [2.24, 2.45) is 5.73 Å².